The van der Waals surface area contributed by atoms with Crippen LogP contribution in [0.1, 0.15) is 51.3 Å². The molecular weight excluding hydrogens is 528 g/mol. The van der Waals surface area contributed by atoms with Gasteiger partial charge in [-0.15, -0.1) is 5.10 Å². The zero-order valence-corrected chi connectivity index (χ0v) is 22.6. The average molecular weight is 558 g/mol. The number of esters is 1. The first-order valence-corrected chi connectivity index (χ1v) is 13.4. The Balaban J connectivity index is 1.62. The molecule has 2 aromatic carbocycles. The Morgan fingerprint density at radius 3 is 2.54 bits per heavy atom. The van der Waals surface area contributed by atoms with E-state index in [4.69, 9.17) is 14.6 Å². The first kappa shape index (κ1) is 25.3. The molecule has 1 atom stereocenters. The molecule has 4 rings (SSSR count). The van der Waals surface area contributed by atoms with Gasteiger partial charge in [0.25, 0.3) is 0 Å². The highest BCUT2D eigenvalue weighted by atomic mass is 79.9. The van der Waals surface area contributed by atoms with E-state index in [1.807, 2.05) is 69.3 Å². The summed E-state index contributed by atoms with van der Waals surface area (Å²) in [4.78, 5) is 17.8. The fourth-order valence-corrected chi connectivity index (χ4v) is 4.68. The van der Waals surface area contributed by atoms with Gasteiger partial charge in [0.05, 0.1) is 11.7 Å². The summed E-state index contributed by atoms with van der Waals surface area (Å²) in [6, 6.07) is 15.3. The van der Waals surface area contributed by atoms with E-state index in [-0.39, 0.29) is 12.1 Å². The van der Waals surface area contributed by atoms with Crippen LogP contribution >= 0.6 is 27.7 Å². The predicted octanol–water partition coefficient (Wildman–Crippen LogP) is 6.36. The summed E-state index contributed by atoms with van der Waals surface area (Å²) in [5.74, 6) is 1.92. The fourth-order valence-electron chi connectivity index (χ4n) is 3.73. The van der Waals surface area contributed by atoms with Crippen LogP contribution in [-0.4, -0.2) is 32.6 Å². The lowest BCUT2D eigenvalue weighted by Crippen LogP contribution is -2.30. The molecule has 1 aliphatic rings. The summed E-state index contributed by atoms with van der Waals surface area (Å²) in [6.07, 6.45) is 0.793. The van der Waals surface area contributed by atoms with E-state index in [1.165, 1.54) is 0 Å². The predicted molar refractivity (Wildman–Crippen MR) is 142 cm³/mol. The molecule has 0 spiro atoms. The van der Waals surface area contributed by atoms with E-state index in [0.717, 1.165) is 33.5 Å². The molecule has 9 heteroatoms. The minimum atomic E-state index is -0.457. The Morgan fingerprint density at radius 2 is 1.89 bits per heavy atom. The van der Waals surface area contributed by atoms with Crippen molar-refractivity contribution < 1.29 is 14.3 Å². The molecule has 1 unspecified atom stereocenters. The smallest absolute Gasteiger partial charge is 0.338 e. The van der Waals surface area contributed by atoms with Gasteiger partial charge in [-0.05, 0) is 62.6 Å². The van der Waals surface area contributed by atoms with E-state index in [0.29, 0.717) is 29.0 Å². The maximum absolute atomic E-state index is 13.1. The third kappa shape index (κ3) is 6.08. The summed E-state index contributed by atoms with van der Waals surface area (Å²) < 4.78 is 14.4. The van der Waals surface area contributed by atoms with E-state index in [2.05, 4.69) is 33.2 Å². The largest absolute Gasteiger partial charge is 0.489 e. The molecule has 1 aliphatic heterocycles. The summed E-state index contributed by atoms with van der Waals surface area (Å²) in [6.45, 7) is 8.15. The molecule has 0 amide bonds. The second kappa shape index (κ2) is 11.3. The molecule has 0 saturated heterocycles. The topological polar surface area (TPSA) is 78.3 Å². The number of carbonyl (C=O) groups is 1. The van der Waals surface area contributed by atoms with Crippen molar-refractivity contribution in [2.75, 3.05) is 11.1 Å². The third-order valence-corrected chi connectivity index (χ3v) is 6.92. The van der Waals surface area contributed by atoms with Crippen LogP contribution in [0.2, 0.25) is 0 Å². The molecule has 0 saturated carbocycles. The molecule has 0 radical (unpaired) electrons. The zero-order chi connectivity index (χ0) is 24.9. The lowest BCUT2D eigenvalue weighted by molar-refractivity contribution is -0.143. The van der Waals surface area contributed by atoms with Gasteiger partial charge in [0.2, 0.25) is 11.1 Å². The second-order valence-corrected chi connectivity index (χ2v) is 10.5. The molecule has 3 aromatic rings. The molecule has 7 nitrogen and oxygen atoms in total. The number of allylic oxidation sites excluding steroid dienone is 1. The standard InChI is InChI=1S/C26H29BrN4O3S/c1-5-14-35-26-29-25-28-17(4)22(24(32)34-16(2)3)23(31(25)30-26)19-8-12-21(13-9-19)33-15-18-6-10-20(27)11-7-18/h6-13,16,23H,5,14-15H2,1-4H3,(H,28,29,30). The highest BCUT2D eigenvalue weighted by Gasteiger charge is 2.35. The summed E-state index contributed by atoms with van der Waals surface area (Å²) in [5.41, 5.74) is 3.21. The number of anilines is 1. The van der Waals surface area contributed by atoms with Gasteiger partial charge >= 0.3 is 5.97 Å². The zero-order valence-electron chi connectivity index (χ0n) is 20.2. The van der Waals surface area contributed by atoms with Crippen molar-refractivity contribution in [1.29, 1.82) is 0 Å². The molecule has 0 bridgehead atoms. The van der Waals surface area contributed by atoms with Crippen LogP contribution in [0, 0.1) is 0 Å². The van der Waals surface area contributed by atoms with E-state index in [9.17, 15) is 4.79 Å². The van der Waals surface area contributed by atoms with Crippen molar-refractivity contribution >= 4 is 39.6 Å². The molecule has 0 fully saturated rings. The second-order valence-electron chi connectivity index (χ2n) is 8.52. The van der Waals surface area contributed by atoms with Gasteiger partial charge in [-0.1, -0.05) is 58.9 Å². The molecule has 2 heterocycles. The van der Waals surface area contributed by atoms with Crippen molar-refractivity contribution in [3.8, 4) is 5.75 Å². The van der Waals surface area contributed by atoms with Gasteiger partial charge in [0.15, 0.2) is 0 Å². The van der Waals surface area contributed by atoms with Gasteiger partial charge in [-0.3, -0.25) is 0 Å². The van der Waals surface area contributed by atoms with Crippen LogP contribution in [0.15, 0.2) is 69.4 Å². The SMILES string of the molecule is CCCSc1nc2n(n1)C(c1ccc(OCc3ccc(Br)cc3)cc1)C(C(=O)OC(C)C)=C(C)N2. The molecule has 1 aromatic heterocycles. The van der Waals surface area contributed by atoms with Gasteiger partial charge in [-0.25, -0.2) is 9.48 Å². The highest BCUT2D eigenvalue weighted by molar-refractivity contribution is 9.10. The number of halogens is 1. The maximum atomic E-state index is 13.1. The van der Waals surface area contributed by atoms with Crippen LogP contribution in [0.4, 0.5) is 5.95 Å². The number of carbonyl (C=O) groups excluding carboxylic acids is 1. The van der Waals surface area contributed by atoms with Gasteiger partial charge in [0, 0.05) is 15.9 Å². The van der Waals surface area contributed by atoms with Crippen molar-refractivity contribution in [1.82, 2.24) is 14.8 Å². The van der Waals surface area contributed by atoms with Crippen molar-refractivity contribution in [3.05, 3.63) is 75.4 Å². The minimum Gasteiger partial charge on any atom is -0.489 e. The summed E-state index contributed by atoms with van der Waals surface area (Å²) in [5, 5.41) is 8.65. The quantitative estimate of drug-likeness (QED) is 0.242. The fraction of sp³-hybridized carbons (Fsp3) is 0.346. The number of thioether (sulfide) groups is 1. The highest BCUT2D eigenvalue weighted by Crippen LogP contribution is 2.37. The third-order valence-electron chi connectivity index (χ3n) is 5.35. The van der Waals surface area contributed by atoms with E-state index in [1.54, 1.807) is 16.4 Å². The lowest BCUT2D eigenvalue weighted by Gasteiger charge is -2.28. The average Bonchev–Trinajstić information content (AvgIpc) is 3.23. The molecular formula is C26H29BrN4O3S. The number of hydrogen-bond acceptors (Lipinski definition) is 7. The number of nitrogens with one attached hydrogen (secondary N) is 1. The number of rotatable bonds is 9. The first-order chi connectivity index (χ1) is 16.9. The Hall–Kier alpha value is -2.78. The number of aromatic nitrogens is 3. The van der Waals surface area contributed by atoms with E-state index >= 15 is 0 Å². The monoisotopic (exact) mass is 556 g/mol. The Morgan fingerprint density at radius 1 is 1.17 bits per heavy atom. The van der Waals surface area contributed by atoms with Gasteiger partial charge in [0.1, 0.15) is 18.4 Å². The van der Waals surface area contributed by atoms with Crippen LogP contribution < -0.4 is 10.1 Å². The lowest BCUT2D eigenvalue weighted by atomic mass is 9.95. The van der Waals surface area contributed by atoms with Crippen LogP contribution in [0.25, 0.3) is 0 Å². The normalized spacial score (nSPS) is 15.1. The van der Waals surface area contributed by atoms with Crippen LogP contribution in [-0.2, 0) is 16.1 Å². The van der Waals surface area contributed by atoms with Crippen molar-refractivity contribution in [2.45, 2.75) is 58.0 Å². The molecule has 35 heavy (non-hydrogen) atoms. The molecule has 0 aliphatic carbocycles. The van der Waals surface area contributed by atoms with Gasteiger partial charge < -0.3 is 14.8 Å². The number of nitrogens with zero attached hydrogens (tertiary/aromatic N) is 3. The van der Waals surface area contributed by atoms with Crippen molar-refractivity contribution in [2.24, 2.45) is 0 Å². The minimum absolute atomic E-state index is 0.231. The van der Waals surface area contributed by atoms with Crippen LogP contribution in [0.5, 0.6) is 5.75 Å². The maximum Gasteiger partial charge on any atom is 0.338 e. The Bertz CT molecular complexity index is 1210. The van der Waals surface area contributed by atoms with Crippen LogP contribution in [0.3, 0.4) is 0 Å². The summed E-state index contributed by atoms with van der Waals surface area (Å²) >= 11 is 5.05. The number of ether oxygens (including phenoxy) is 2. The van der Waals surface area contributed by atoms with Crippen molar-refractivity contribution in [3.63, 3.8) is 0 Å². The van der Waals surface area contributed by atoms with E-state index < -0.39 is 6.04 Å². The molecule has 1 N–H and O–H groups in total. The molecule has 184 valence electrons. The summed E-state index contributed by atoms with van der Waals surface area (Å²) in [7, 11) is 0. The first-order valence-electron chi connectivity index (χ1n) is 11.6. The van der Waals surface area contributed by atoms with Gasteiger partial charge in [-0.2, -0.15) is 4.98 Å². The Kier molecular flexibility index (Phi) is 8.18. The Labute approximate surface area is 218 Å². The number of hydrogen-bond donors (Lipinski definition) is 1. The number of fused-ring (bicyclic) bond motifs is 1. The number of benzene rings is 2.